The third-order valence-corrected chi connectivity index (χ3v) is 4.25. The summed E-state index contributed by atoms with van der Waals surface area (Å²) in [6, 6.07) is 17.8. The molecule has 0 fully saturated rings. The van der Waals surface area contributed by atoms with Crippen LogP contribution in [0.5, 0.6) is 0 Å². The highest BCUT2D eigenvalue weighted by atomic mass is 16.2. The Morgan fingerprint density at radius 2 is 1.71 bits per heavy atom. The van der Waals surface area contributed by atoms with Gasteiger partial charge in [0.25, 0.3) is 5.91 Å². The van der Waals surface area contributed by atoms with Crippen molar-refractivity contribution in [2.24, 2.45) is 0 Å². The van der Waals surface area contributed by atoms with Crippen LogP contribution >= 0.6 is 0 Å². The number of fused-ring (bicyclic) bond motifs is 1. The lowest BCUT2D eigenvalue weighted by molar-refractivity contribution is 0.0665. The fourth-order valence-electron chi connectivity index (χ4n) is 2.64. The molecule has 1 heterocycles. The number of hydrogen-bond acceptors (Lipinski definition) is 3. The van der Waals surface area contributed by atoms with Crippen LogP contribution in [0.15, 0.2) is 60.8 Å². The van der Waals surface area contributed by atoms with Crippen LogP contribution in [0.2, 0.25) is 0 Å². The Hall–Kier alpha value is -2.75. The largest absolute Gasteiger partial charge is 0.330 e. The molecule has 24 heavy (non-hydrogen) atoms. The lowest BCUT2D eigenvalue weighted by Crippen LogP contribution is -2.38. The lowest BCUT2D eigenvalue weighted by atomic mass is 10.1. The molecule has 122 valence electrons. The second-order valence-corrected chi connectivity index (χ2v) is 5.92. The molecule has 0 aliphatic heterocycles. The van der Waals surface area contributed by atoms with Gasteiger partial charge < -0.3 is 4.90 Å². The molecular weight excluding hydrogens is 298 g/mol. The van der Waals surface area contributed by atoms with Gasteiger partial charge in [0.15, 0.2) is 0 Å². The van der Waals surface area contributed by atoms with Gasteiger partial charge in [-0.25, -0.2) is 4.98 Å². The zero-order valence-electron chi connectivity index (χ0n) is 14.0. The Kier molecular flexibility index (Phi) is 4.85. The third kappa shape index (κ3) is 3.43. The first-order chi connectivity index (χ1) is 11.7. The molecule has 1 unspecified atom stereocenters. The summed E-state index contributed by atoms with van der Waals surface area (Å²) in [5, 5.41) is 0. The third-order valence-electron chi connectivity index (χ3n) is 4.25. The van der Waals surface area contributed by atoms with Gasteiger partial charge in [-0.2, -0.15) is 0 Å². The van der Waals surface area contributed by atoms with Gasteiger partial charge in [-0.1, -0.05) is 49.4 Å². The monoisotopic (exact) mass is 319 g/mol. The van der Waals surface area contributed by atoms with Crippen LogP contribution < -0.4 is 0 Å². The van der Waals surface area contributed by atoms with E-state index < -0.39 is 0 Å². The highest BCUT2D eigenvalue weighted by Crippen LogP contribution is 2.16. The normalized spacial score (nSPS) is 12.1. The highest BCUT2D eigenvalue weighted by Gasteiger charge is 2.22. The van der Waals surface area contributed by atoms with E-state index in [0.29, 0.717) is 12.2 Å². The summed E-state index contributed by atoms with van der Waals surface area (Å²) in [7, 11) is 0. The topological polar surface area (TPSA) is 46.1 Å². The molecule has 0 saturated heterocycles. The standard InChI is InChI=1S/C20H21N3O/c1-3-15(2)23(14-16-9-5-4-6-10-16)20(24)19-13-21-17-11-7-8-12-18(17)22-19/h4-13,15H,3,14H2,1-2H3. The number of amides is 1. The van der Waals surface area contributed by atoms with Gasteiger partial charge >= 0.3 is 0 Å². The quantitative estimate of drug-likeness (QED) is 0.712. The fraction of sp³-hybridized carbons (Fsp3) is 0.250. The van der Waals surface area contributed by atoms with Crippen LogP contribution in [0.3, 0.4) is 0 Å². The van der Waals surface area contributed by atoms with Crippen LogP contribution in [-0.4, -0.2) is 26.8 Å². The van der Waals surface area contributed by atoms with Gasteiger partial charge in [0.2, 0.25) is 0 Å². The van der Waals surface area contributed by atoms with E-state index in [1.54, 1.807) is 6.20 Å². The van der Waals surface area contributed by atoms with Gasteiger partial charge in [0, 0.05) is 12.6 Å². The van der Waals surface area contributed by atoms with E-state index in [1.807, 2.05) is 59.5 Å². The molecule has 3 aromatic rings. The molecule has 0 aliphatic rings. The molecule has 1 amide bonds. The Morgan fingerprint density at radius 3 is 2.42 bits per heavy atom. The minimum absolute atomic E-state index is 0.0774. The van der Waals surface area contributed by atoms with E-state index in [-0.39, 0.29) is 11.9 Å². The van der Waals surface area contributed by atoms with Crippen molar-refractivity contribution in [2.45, 2.75) is 32.9 Å². The minimum atomic E-state index is -0.0774. The van der Waals surface area contributed by atoms with Crippen LogP contribution in [0.4, 0.5) is 0 Å². The van der Waals surface area contributed by atoms with Crippen LogP contribution in [0.25, 0.3) is 11.0 Å². The molecule has 1 aromatic heterocycles. The molecule has 0 aliphatic carbocycles. The summed E-state index contributed by atoms with van der Waals surface area (Å²) < 4.78 is 0. The van der Waals surface area contributed by atoms with E-state index in [2.05, 4.69) is 23.8 Å². The number of rotatable bonds is 5. The lowest BCUT2D eigenvalue weighted by Gasteiger charge is -2.28. The van der Waals surface area contributed by atoms with Crippen LogP contribution in [0, 0.1) is 0 Å². The van der Waals surface area contributed by atoms with Crippen LogP contribution in [0.1, 0.15) is 36.3 Å². The Labute approximate surface area is 142 Å². The molecule has 0 bridgehead atoms. The summed E-state index contributed by atoms with van der Waals surface area (Å²) in [5.41, 5.74) is 3.05. The van der Waals surface area contributed by atoms with Crippen molar-refractivity contribution < 1.29 is 4.79 Å². The molecule has 1 atom stereocenters. The molecule has 2 aromatic carbocycles. The number of hydrogen-bond donors (Lipinski definition) is 0. The smallest absolute Gasteiger partial charge is 0.274 e. The Balaban J connectivity index is 1.91. The van der Waals surface area contributed by atoms with Gasteiger partial charge in [0.05, 0.1) is 17.2 Å². The second-order valence-electron chi connectivity index (χ2n) is 5.92. The Morgan fingerprint density at radius 1 is 1.04 bits per heavy atom. The SMILES string of the molecule is CCC(C)N(Cc1ccccc1)C(=O)c1cnc2ccccc2n1. The molecule has 3 rings (SSSR count). The van der Waals surface area contributed by atoms with Gasteiger partial charge in [0.1, 0.15) is 5.69 Å². The van der Waals surface area contributed by atoms with E-state index in [4.69, 9.17) is 0 Å². The number of carbonyl (C=O) groups is 1. The maximum absolute atomic E-state index is 13.0. The maximum Gasteiger partial charge on any atom is 0.274 e. The van der Waals surface area contributed by atoms with E-state index >= 15 is 0 Å². The molecule has 0 saturated carbocycles. The molecule has 0 spiro atoms. The van der Waals surface area contributed by atoms with Crippen molar-refractivity contribution in [2.75, 3.05) is 0 Å². The van der Waals surface area contributed by atoms with Crippen molar-refractivity contribution in [3.05, 3.63) is 72.1 Å². The zero-order chi connectivity index (χ0) is 16.9. The highest BCUT2D eigenvalue weighted by molar-refractivity contribution is 5.94. The van der Waals surface area contributed by atoms with Gasteiger partial charge in [-0.05, 0) is 31.0 Å². The first-order valence-corrected chi connectivity index (χ1v) is 8.25. The minimum Gasteiger partial charge on any atom is -0.330 e. The predicted molar refractivity (Wildman–Crippen MR) is 95.6 cm³/mol. The van der Waals surface area contributed by atoms with Crippen molar-refractivity contribution in [1.82, 2.24) is 14.9 Å². The molecule has 0 radical (unpaired) electrons. The van der Waals surface area contributed by atoms with E-state index in [9.17, 15) is 4.79 Å². The Bertz CT molecular complexity index is 832. The maximum atomic E-state index is 13.0. The predicted octanol–water partition coefficient (Wildman–Crippen LogP) is 4.07. The van der Waals surface area contributed by atoms with E-state index in [1.165, 1.54) is 0 Å². The molecule has 4 nitrogen and oxygen atoms in total. The molecule has 0 N–H and O–H groups in total. The zero-order valence-corrected chi connectivity index (χ0v) is 14.0. The van der Waals surface area contributed by atoms with Crippen molar-refractivity contribution in [1.29, 1.82) is 0 Å². The van der Waals surface area contributed by atoms with Gasteiger partial charge in [-0.15, -0.1) is 0 Å². The first-order valence-electron chi connectivity index (χ1n) is 8.25. The number of benzene rings is 2. The van der Waals surface area contributed by atoms with Crippen molar-refractivity contribution in [3.63, 3.8) is 0 Å². The average molecular weight is 319 g/mol. The number of para-hydroxylation sites is 2. The number of aromatic nitrogens is 2. The average Bonchev–Trinajstić information content (AvgIpc) is 2.65. The van der Waals surface area contributed by atoms with Crippen LogP contribution in [-0.2, 0) is 6.54 Å². The van der Waals surface area contributed by atoms with Crippen molar-refractivity contribution in [3.8, 4) is 0 Å². The molecular formula is C20H21N3O. The summed E-state index contributed by atoms with van der Waals surface area (Å²) in [5.74, 6) is -0.0774. The summed E-state index contributed by atoms with van der Waals surface area (Å²) >= 11 is 0. The number of carbonyl (C=O) groups excluding carboxylic acids is 1. The molecule has 4 heteroatoms. The number of nitrogens with zero attached hydrogens (tertiary/aromatic N) is 3. The summed E-state index contributed by atoms with van der Waals surface area (Å²) in [4.78, 5) is 23.8. The van der Waals surface area contributed by atoms with Crippen molar-refractivity contribution >= 4 is 16.9 Å². The first kappa shape index (κ1) is 16.1. The fourth-order valence-corrected chi connectivity index (χ4v) is 2.64. The summed E-state index contributed by atoms with van der Waals surface area (Å²) in [6.45, 7) is 4.72. The summed E-state index contributed by atoms with van der Waals surface area (Å²) in [6.07, 6.45) is 2.46. The van der Waals surface area contributed by atoms with Gasteiger partial charge in [-0.3, -0.25) is 9.78 Å². The second kappa shape index (κ2) is 7.21. The van der Waals surface area contributed by atoms with E-state index in [0.717, 1.165) is 23.0 Å².